The van der Waals surface area contributed by atoms with Crippen molar-refractivity contribution in [2.24, 2.45) is 0 Å². The summed E-state index contributed by atoms with van der Waals surface area (Å²) in [6.07, 6.45) is 7.08. The van der Waals surface area contributed by atoms with Crippen LogP contribution in [0.15, 0.2) is 41.8 Å². The van der Waals surface area contributed by atoms with Crippen molar-refractivity contribution in [2.75, 3.05) is 5.73 Å². The van der Waals surface area contributed by atoms with E-state index in [4.69, 9.17) is 5.73 Å². The fourth-order valence-corrected chi connectivity index (χ4v) is 1.84. The minimum absolute atomic E-state index is 0.713. The number of pyridine rings is 1. The van der Waals surface area contributed by atoms with Crippen LogP contribution in [0.5, 0.6) is 0 Å². The molecule has 0 amide bonds. The highest BCUT2D eigenvalue weighted by Gasteiger charge is 1.99. The fraction of sp³-hybridized carbons (Fsp3) is 0.111. The minimum Gasteiger partial charge on any atom is -0.397 e. The number of nitrogen functional groups attached to an aromatic ring is 1. The van der Waals surface area contributed by atoms with E-state index in [1.54, 1.807) is 30.4 Å². The van der Waals surface area contributed by atoms with Gasteiger partial charge in [0.1, 0.15) is 0 Å². The highest BCUT2D eigenvalue weighted by molar-refractivity contribution is 7.98. The van der Waals surface area contributed by atoms with Gasteiger partial charge in [0.25, 0.3) is 0 Å². The van der Waals surface area contributed by atoms with E-state index in [2.05, 4.69) is 10.1 Å². The standard InChI is InChI=1S/C9H10N4S/c10-8-6-11-4-2-9(8)14-7-13-5-1-3-12-13/h1-6H,7,10H2. The van der Waals surface area contributed by atoms with E-state index < -0.39 is 0 Å². The molecule has 72 valence electrons. The van der Waals surface area contributed by atoms with Gasteiger partial charge in [-0.25, -0.2) is 0 Å². The highest BCUT2D eigenvalue weighted by Crippen LogP contribution is 2.24. The van der Waals surface area contributed by atoms with Crippen LogP contribution in [0.1, 0.15) is 0 Å². The van der Waals surface area contributed by atoms with Gasteiger partial charge in [-0.2, -0.15) is 5.10 Å². The first-order chi connectivity index (χ1) is 6.86. The smallest absolute Gasteiger partial charge is 0.0910 e. The molecule has 2 rings (SSSR count). The SMILES string of the molecule is Nc1cnccc1SCn1cccn1. The van der Waals surface area contributed by atoms with Gasteiger partial charge in [0.05, 0.1) is 17.8 Å². The summed E-state index contributed by atoms with van der Waals surface area (Å²) in [7, 11) is 0. The first kappa shape index (κ1) is 9.08. The molecule has 5 heteroatoms. The summed E-state index contributed by atoms with van der Waals surface area (Å²) in [5.74, 6) is 0.765. The van der Waals surface area contributed by atoms with Gasteiger partial charge in [-0.1, -0.05) is 0 Å². The lowest BCUT2D eigenvalue weighted by Crippen LogP contribution is -1.95. The topological polar surface area (TPSA) is 56.7 Å². The number of thioether (sulfide) groups is 1. The highest BCUT2D eigenvalue weighted by atomic mass is 32.2. The monoisotopic (exact) mass is 206 g/mol. The quantitative estimate of drug-likeness (QED) is 0.775. The molecule has 0 aliphatic rings. The Morgan fingerprint density at radius 2 is 2.36 bits per heavy atom. The van der Waals surface area contributed by atoms with Crippen molar-refractivity contribution in [3.63, 3.8) is 0 Å². The van der Waals surface area contributed by atoms with E-state index in [0.29, 0.717) is 5.69 Å². The molecule has 0 aromatic carbocycles. The number of rotatable bonds is 3. The third kappa shape index (κ3) is 2.05. The summed E-state index contributed by atoms with van der Waals surface area (Å²) < 4.78 is 1.85. The van der Waals surface area contributed by atoms with E-state index >= 15 is 0 Å². The number of aromatic nitrogens is 3. The van der Waals surface area contributed by atoms with Gasteiger partial charge in [0.2, 0.25) is 0 Å². The van der Waals surface area contributed by atoms with Crippen LogP contribution < -0.4 is 5.73 Å². The molecule has 0 fully saturated rings. The molecule has 0 bridgehead atoms. The van der Waals surface area contributed by atoms with Crippen molar-refractivity contribution in [2.45, 2.75) is 10.8 Å². The van der Waals surface area contributed by atoms with Crippen LogP contribution >= 0.6 is 11.8 Å². The van der Waals surface area contributed by atoms with Crippen LogP contribution in [-0.2, 0) is 5.88 Å². The normalized spacial score (nSPS) is 10.3. The first-order valence-corrected chi connectivity index (χ1v) is 5.14. The molecule has 0 atom stereocenters. The molecule has 0 radical (unpaired) electrons. The van der Waals surface area contributed by atoms with E-state index in [1.165, 1.54) is 0 Å². The third-order valence-electron chi connectivity index (χ3n) is 1.72. The van der Waals surface area contributed by atoms with Gasteiger partial charge >= 0.3 is 0 Å². The molecule has 2 aromatic rings. The average Bonchev–Trinajstić information content (AvgIpc) is 2.69. The van der Waals surface area contributed by atoms with Gasteiger partial charge in [0, 0.05) is 23.5 Å². The van der Waals surface area contributed by atoms with Gasteiger partial charge in [-0.3, -0.25) is 9.67 Å². The molecule has 0 aliphatic heterocycles. The maximum atomic E-state index is 5.75. The lowest BCUT2D eigenvalue weighted by atomic mass is 10.4. The van der Waals surface area contributed by atoms with Crippen molar-refractivity contribution in [1.82, 2.24) is 14.8 Å². The van der Waals surface area contributed by atoms with Crippen LogP contribution in [0.4, 0.5) is 5.69 Å². The third-order valence-corrected chi connectivity index (χ3v) is 2.80. The van der Waals surface area contributed by atoms with Crippen LogP contribution in [0.3, 0.4) is 0 Å². The molecule has 0 aliphatic carbocycles. The van der Waals surface area contributed by atoms with Crippen LogP contribution in [0.25, 0.3) is 0 Å². The lowest BCUT2D eigenvalue weighted by Gasteiger charge is -2.03. The fourth-order valence-electron chi connectivity index (χ4n) is 1.04. The zero-order chi connectivity index (χ0) is 9.80. The van der Waals surface area contributed by atoms with Crippen LogP contribution in [0, 0.1) is 0 Å². The van der Waals surface area contributed by atoms with Gasteiger partial charge in [-0.05, 0) is 12.1 Å². The van der Waals surface area contributed by atoms with Gasteiger partial charge in [-0.15, -0.1) is 11.8 Å². The predicted octanol–water partition coefficient (Wildman–Crippen LogP) is 1.61. The van der Waals surface area contributed by atoms with Crippen molar-refractivity contribution in [1.29, 1.82) is 0 Å². The maximum Gasteiger partial charge on any atom is 0.0910 e. The van der Waals surface area contributed by atoms with Crippen molar-refractivity contribution < 1.29 is 0 Å². The largest absolute Gasteiger partial charge is 0.397 e. The van der Waals surface area contributed by atoms with E-state index in [9.17, 15) is 0 Å². The molecule has 0 spiro atoms. The zero-order valence-electron chi connectivity index (χ0n) is 7.50. The summed E-state index contributed by atoms with van der Waals surface area (Å²) in [5.41, 5.74) is 6.46. The van der Waals surface area contributed by atoms with Crippen molar-refractivity contribution in [3.8, 4) is 0 Å². The Kier molecular flexibility index (Phi) is 2.69. The average molecular weight is 206 g/mol. The van der Waals surface area contributed by atoms with Gasteiger partial charge < -0.3 is 5.73 Å². The lowest BCUT2D eigenvalue weighted by molar-refractivity contribution is 0.751. The van der Waals surface area contributed by atoms with Crippen molar-refractivity contribution in [3.05, 3.63) is 36.9 Å². The molecule has 2 heterocycles. The second-order valence-electron chi connectivity index (χ2n) is 2.73. The molecule has 4 nitrogen and oxygen atoms in total. The van der Waals surface area contributed by atoms with E-state index in [1.807, 2.05) is 23.0 Å². The Labute approximate surface area is 86.1 Å². The van der Waals surface area contributed by atoms with Crippen LogP contribution in [-0.4, -0.2) is 14.8 Å². The van der Waals surface area contributed by atoms with Gasteiger partial charge in [0.15, 0.2) is 0 Å². The summed E-state index contributed by atoms with van der Waals surface area (Å²) >= 11 is 1.64. The Hall–Kier alpha value is -1.49. The molecular weight excluding hydrogens is 196 g/mol. The Balaban J connectivity index is 2.02. The molecule has 0 saturated carbocycles. The molecule has 0 unspecified atom stereocenters. The Morgan fingerprint density at radius 1 is 1.43 bits per heavy atom. The Bertz CT molecular complexity index is 399. The van der Waals surface area contributed by atoms with E-state index in [0.717, 1.165) is 10.8 Å². The Morgan fingerprint density at radius 3 is 3.07 bits per heavy atom. The summed E-state index contributed by atoms with van der Waals surface area (Å²) in [4.78, 5) is 4.97. The number of anilines is 1. The molecular formula is C9H10N4S. The summed E-state index contributed by atoms with van der Waals surface area (Å²) in [6, 6.07) is 3.81. The van der Waals surface area contributed by atoms with E-state index in [-0.39, 0.29) is 0 Å². The van der Waals surface area contributed by atoms with Crippen LogP contribution in [0.2, 0.25) is 0 Å². The second-order valence-corrected chi connectivity index (χ2v) is 3.72. The summed E-state index contributed by atoms with van der Waals surface area (Å²) in [5, 5.41) is 4.10. The maximum absolute atomic E-state index is 5.75. The minimum atomic E-state index is 0.713. The zero-order valence-corrected chi connectivity index (χ0v) is 8.31. The predicted molar refractivity (Wildman–Crippen MR) is 56.7 cm³/mol. The van der Waals surface area contributed by atoms with Crippen molar-refractivity contribution >= 4 is 17.4 Å². The molecule has 2 aromatic heterocycles. The second kappa shape index (κ2) is 4.15. The number of hydrogen-bond donors (Lipinski definition) is 1. The first-order valence-electron chi connectivity index (χ1n) is 4.16. The number of nitrogens with zero attached hydrogens (tertiary/aromatic N) is 3. The molecule has 14 heavy (non-hydrogen) atoms. The number of nitrogens with two attached hydrogens (primary N) is 1. The molecule has 0 saturated heterocycles. The number of hydrogen-bond acceptors (Lipinski definition) is 4. The summed E-state index contributed by atoms with van der Waals surface area (Å²) in [6.45, 7) is 0. The molecule has 2 N–H and O–H groups in total.